The Morgan fingerprint density at radius 1 is 1.28 bits per heavy atom. The first kappa shape index (κ1) is 15.4. The van der Waals surface area contributed by atoms with Gasteiger partial charge in [-0.3, -0.25) is 4.79 Å². The van der Waals surface area contributed by atoms with Crippen molar-refractivity contribution in [3.63, 3.8) is 0 Å². The van der Waals surface area contributed by atoms with Crippen LogP contribution in [0.4, 0.5) is 0 Å². The highest BCUT2D eigenvalue weighted by molar-refractivity contribution is 7.12. The van der Waals surface area contributed by atoms with Crippen LogP contribution in [0.2, 0.25) is 0 Å². The van der Waals surface area contributed by atoms with Crippen LogP contribution in [0, 0.1) is 5.92 Å². The van der Waals surface area contributed by atoms with Crippen LogP contribution in [0.15, 0.2) is 12.1 Å². The van der Waals surface area contributed by atoms with Gasteiger partial charge >= 0.3 is 0 Å². The summed E-state index contributed by atoms with van der Waals surface area (Å²) in [6.45, 7) is 5.06. The van der Waals surface area contributed by atoms with Crippen LogP contribution in [0.3, 0.4) is 0 Å². The van der Waals surface area contributed by atoms with Gasteiger partial charge in [-0.2, -0.15) is 0 Å². The van der Waals surface area contributed by atoms with E-state index in [0.29, 0.717) is 24.5 Å². The van der Waals surface area contributed by atoms with Crippen molar-refractivity contribution in [3.8, 4) is 0 Å². The molecule has 0 radical (unpaired) electrons. The molecule has 0 spiro atoms. The number of thiophene rings is 1. The molecule has 1 aromatic rings. The molecule has 0 bridgehead atoms. The van der Waals surface area contributed by atoms with Gasteiger partial charge in [0, 0.05) is 22.6 Å². The van der Waals surface area contributed by atoms with Gasteiger partial charge in [-0.05, 0) is 43.9 Å². The molecule has 0 aliphatic rings. The van der Waals surface area contributed by atoms with Crippen molar-refractivity contribution in [1.29, 1.82) is 0 Å². The van der Waals surface area contributed by atoms with Crippen LogP contribution in [0.5, 0.6) is 0 Å². The summed E-state index contributed by atoms with van der Waals surface area (Å²) in [4.78, 5) is 14.5. The maximum Gasteiger partial charge on any atom is 0.138 e. The smallest absolute Gasteiger partial charge is 0.138 e. The van der Waals surface area contributed by atoms with Gasteiger partial charge in [-0.25, -0.2) is 0 Å². The lowest BCUT2D eigenvalue weighted by Gasteiger charge is -2.12. The van der Waals surface area contributed by atoms with Gasteiger partial charge < -0.3 is 5.73 Å². The Balaban J connectivity index is 2.32. The molecule has 1 rings (SSSR count). The van der Waals surface area contributed by atoms with Crippen molar-refractivity contribution in [1.82, 2.24) is 0 Å². The molecule has 2 N–H and O–H groups in total. The first-order chi connectivity index (χ1) is 8.69. The van der Waals surface area contributed by atoms with E-state index in [1.807, 2.05) is 0 Å². The van der Waals surface area contributed by atoms with Crippen LogP contribution in [-0.2, 0) is 17.6 Å². The minimum Gasteiger partial charge on any atom is -0.330 e. The molecule has 0 aromatic carbocycles. The summed E-state index contributed by atoms with van der Waals surface area (Å²) in [6, 6.07) is 4.23. The lowest BCUT2D eigenvalue weighted by atomic mass is 9.95. The molecule has 2 nitrogen and oxygen atoms in total. The van der Waals surface area contributed by atoms with Crippen LogP contribution >= 0.6 is 11.3 Å². The van der Waals surface area contributed by atoms with Crippen molar-refractivity contribution in [2.24, 2.45) is 11.7 Å². The Labute approximate surface area is 115 Å². The average molecular weight is 267 g/mol. The molecular weight excluding hydrogens is 242 g/mol. The molecule has 0 amide bonds. The largest absolute Gasteiger partial charge is 0.330 e. The number of rotatable bonds is 9. The number of hydrogen-bond acceptors (Lipinski definition) is 3. The Kier molecular flexibility index (Phi) is 7.21. The van der Waals surface area contributed by atoms with Gasteiger partial charge in [0.2, 0.25) is 0 Å². The van der Waals surface area contributed by atoms with Gasteiger partial charge in [0.1, 0.15) is 5.78 Å². The van der Waals surface area contributed by atoms with Crippen LogP contribution in [-0.4, -0.2) is 12.3 Å². The molecular formula is C15H25NOS. The van der Waals surface area contributed by atoms with Gasteiger partial charge in [-0.15, -0.1) is 11.3 Å². The van der Waals surface area contributed by atoms with Crippen molar-refractivity contribution >= 4 is 17.1 Å². The second kappa shape index (κ2) is 8.44. The zero-order valence-corrected chi connectivity index (χ0v) is 12.4. The molecule has 3 heteroatoms. The molecule has 1 atom stereocenters. The highest BCUT2D eigenvalue weighted by Gasteiger charge is 2.10. The second-order valence-electron chi connectivity index (χ2n) is 4.83. The first-order valence-corrected chi connectivity index (χ1v) is 7.80. The lowest BCUT2D eigenvalue weighted by Crippen LogP contribution is -2.10. The SMILES string of the molecule is CCc1ccc(CC(=O)CCC(CC)CCN)s1. The number of carbonyl (C=O) groups excluding carboxylic acids is 1. The fourth-order valence-electron chi connectivity index (χ4n) is 2.14. The maximum atomic E-state index is 11.9. The molecule has 102 valence electrons. The molecule has 0 saturated carbocycles. The van der Waals surface area contributed by atoms with Gasteiger partial charge in [0.25, 0.3) is 0 Å². The zero-order chi connectivity index (χ0) is 13.4. The molecule has 0 fully saturated rings. The van der Waals surface area contributed by atoms with E-state index in [1.54, 1.807) is 11.3 Å². The van der Waals surface area contributed by atoms with Crippen LogP contribution < -0.4 is 5.73 Å². The van der Waals surface area contributed by atoms with E-state index in [-0.39, 0.29) is 0 Å². The summed E-state index contributed by atoms with van der Waals surface area (Å²) in [5.41, 5.74) is 5.57. The molecule has 0 saturated heterocycles. The number of Topliss-reactive ketones (excluding diaryl/α,β-unsaturated/α-hetero) is 1. The summed E-state index contributed by atoms with van der Waals surface area (Å²) in [5, 5.41) is 0. The van der Waals surface area contributed by atoms with Gasteiger partial charge in [-0.1, -0.05) is 20.3 Å². The minimum atomic E-state index is 0.370. The maximum absolute atomic E-state index is 11.9. The molecule has 1 aromatic heterocycles. The Morgan fingerprint density at radius 3 is 2.56 bits per heavy atom. The second-order valence-corrected chi connectivity index (χ2v) is 6.08. The van der Waals surface area contributed by atoms with Crippen LogP contribution in [0.25, 0.3) is 0 Å². The summed E-state index contributed by atoms with van der Waals surface area (Å²) >= 11 is 1.77. The van der Waals surface area contributed by atoms with E-state index in [9.17, 15) is 4.79 Å². The monoisotopic (exact) mass is 267 g/mol. The Morgan fingerprint density at radius 2 is 2.00 bits per heavy atom. The van der Waals surface area contributed by atoms with Crippen molar-refractivity contribution in [2.45, 2.75) is 52.4 Å². The Bertz CT molecular complexity index is 359. The fourth-order valence-corrected chi connectivity index (χ4v) is 3.13. The van der Waals surface area contributed by atoms with Gasteiger partial charge in [0.05, 0.1) is 0 Å². The lowest BCUT2D eigenvalue weighted by molar-refractivity contribution is -0.118. The summed E-state index contributed by atoms with van der Waals surface area (Å²) in [6.07, 6.45) is 5.56. The highest BCUT2D eigenvalue weighted by Crippen LogP contribution is 2.20. The van der Waals surface area contributed by atoms with Crippen LogP contribution in [0.1, 0.15) is 49.3 Å². The predicted molar refractivity (Wildman–Crippen MR) is 79.1 cm³/mol. The van der Waals surface area contributed by atoms with Gasteiger partial charge in [0.15, 0.2) is 0 Å². The highest BCUT2D eigenvalue weighted by atomic mass is 32.1. The van der Waals surface area contributed by atoms with E-state index in [0.717, 1.165) is 32.2 Å². The zero-order valence-electron chi connectivity index (χ0n) is 11.6. The Hall–Kier alpha value is -0.670. The molecule has 1 unspecified atom stereocenters. The van der Waals surface area contributed by atoms with E-state index in [2.05, 4.69) is 26.0 Å². The number of aryl methyl sites for hydroxylation is 1. The molecule has 0 aliphatic heterocycles. The standard InChI is InChI=1S/C15H25NOS/c1-3-12(9-10-16)5-6-13(17)11-15-8-7-14(4-2)18-15/h7-8,12H,3-6,9-11,16H2,1-2H3. The van der Waals surface area contributed by atoms with E-state index in [1.165, 1.54) is 9.75 Å². The normalized spacial score (nSPS) is 12.6. The summed E-state index contributed by atoms with van der Waals surface area (Å²) < 4.78 is 0. The summed E-state index contributed by atoms with van der Waals surface area (Å²) in [5.74, 6) is 0.989. The minimum absolute atomic E-state index is 0.370. The number of nitrogens with two attached hydrogens (primary N) is 1. The molecule has 18 heavy (non-hydrogen) atoms. The molecule has 1 heterocycles. The summed E-state index contributed by atoms with van der Waals surface area (Å²) in [7, 11) is 0. The number of ketones is 1. The number of hydrogen-bond donors (Lipinski definition) is 1. The predicted octanol–water partition coefficient (Wildman–Crippen LogP) is 3.58. The van der Waals surface area contributed by atoms with E-state index in [4.69, 9.17) is 5.73 Å². The quantitative estimate of drug-likeness (QED) is 0.743. The topological polar surface area (TPSA) is 43.1 Å². The van der Waals surface area contributed by atoms with Crippen molar-refractivity contribution < 1.29 is 4.79 Å². The first-order valence-electron chi connectivity index (χ1n) is 6.98. The van der Waals surface area contributed by atoms with E-state index >= 15 is 0 Å². The molecule has 0 aliphatic carbocycles. The third-order valence-corrected chi connectivity index (χ3v) is 4.65. The van der Waals surface area contributed by atoms with E-state index < -0.39 is 0 Å². The average Bonchev–Trinajstić information content (AvgIpc) is 2.82. The number of carbonyl (C=O) groups is 1. The third-order valence-electron chi connectivity index (χ3n) is 3.42. The van der Waals surface area contributed by atoms with Crippen molar-refractivity contribution in [3.05, 3.63) is 21.9 Å². The fraction of sp³-hybridized carbons (Fsp3) is 0.667. The van der Waals surface area contributed by atoms with Crippen molar-refractivity contribution in [2.75, 3.05) is 6.54 Å². The third kappa shape index (κ3) is 5.32.